The summed E-state index contributed by atoms with van der Waals surface area (Å²) in [5, 5.41) is 2.80. The molecule has 0 aliphatic heterocycles. The lowest BCUT2D eigenvalue weighted by atomic mass is 9.69. The van der Waals surface area contributed by atoms with E-state index >= 15 is 0 Å². The molecule has 3 rings (SSSR count). The smallest absolute Gasteiger partial charge is 0.355 e. The normalized spacial score (nSPS) is 16.3. The molecule has 1 heterocycles. The molecule has 0 spiro atoms. The van der Waals surface area contributed by atoms with E-state index in [0.717, 1.165) is 25.3 Å². The van der Waals surface area contributed by atoms with Gasteiger partial charge in [0, 0.05) is 23.2 Å². The zero-order valence-electron chi connectivity index (χ0n) is 16.6. The summed E-state index contributed by atoms with van der Waals surface area (Å²) in [6, 6.07) is 5.31. The average Bonchev–Trinajstić information content (AvgIpc) is 2.69. The van der Waals surface area contributed by atoms with Crippen LogP contribution in [0.2, 0.25) is 0 Å². The van der Waals surface area contributed by atoms with E-state index in [9.17, 15) is 27.6 Å². The van der Waals surface area contributed by atoms with Gasteiger partial charge in [-0.3, -0.25) is 14.6 Å². The molecule has 0 bridgehead atoms. The highest BCUT2D eigenvalue weighted by Crippen LogP contribution is 2.41. The van der Waals surface area contributed by atoms with Crippen LogP contribution in [0.3, 0.4) is 0 Å². The van der Waals surface area contributed by atoms with Crippen molar-refractivity contribution in [2.75, 3.05) is 6.54 Å². The molecule has 0 saturated heterocycles. The van der Waals surface area contributed by atoms with E-state index in [1.54, 1.807) is 6.07 Å². The van der Waals surface area contributed by atoms with Gasteiger partial charge in [0.1, 0.15) is 0 Å². The number of carbonyl (C=O) groups excluding carboxylic acids is 1. The molecule has 162 valence electrons. The first-order valence-electron chi connectivity index (χ1n) is 9.87. The summed E-state index contributed by atoms with van der Waals surface area (Å²) in [7, 11) is 0. The number of amides is 1. The first kappa shape index (κ1) is 21.9. The van der Waals surface area contributed by atoms with Crippen molar-refractivity contribution in [1.29, 1.82) is 0 Å². The first-order valence-corrected chi connectivity index (χ1v) is 9.87. The minimum Gasteiger partial charge on any atom is -0.355 e. The van der Waals surface area contributed by atoms with Crippen LogP contribution in [-0.2, 0) is 22.8 Å². The number of hydrogen-bond donors (Lipinski definition) is 3. The number of aryl methyl sites for hydroxylation is 1. The van der Waals surface area contributed by atoms with Crippen molar-refractivity contribution >= 4 is 5.91 Å². The van der Waals surface area contributed by atoms with E-state index in [2.05, 4.69) is 15.3 Å². The van der Waals surface area contributed by atoms with Crippen LogP contribution in [0.5, 0.6) is 0 Å². The highest BCUT2D eigenvalue weighted by atomic mass is 19.4. The molecule has 30 heavy (non-hydrogen) atoms. The Balaban J connectivity index is 1.80. The van der Waals surface area contributed by atoms with Crippen molar-refractivity contribution in [3.05, 3.63) is 67.5 Å². The fourth-order valence-electron chi connectivity index (χ4n) is 4.15. The third-order valence-corrected chi connectivity index (χ3v) is 5.83. The molecule has 1 amide bonds. The molecule has 3 N–H and O–H groups in total. The second-order valence-corrected chi connectivity index (χ2v) is 7.88. The number of halogens is 3. The number of benzene rings is 1. The summed E-state index contributed by atoms with van der Waals surface area (Å²) in [4.78, 5) is 40.3. The summed E-state index contributed by atoms with van der Waals surface area (Å²) in [5.74, 6) is -0.424. The lowest BCUT2D eigenvalue weighted by Gasteiger charge is -2.38. The van der Waals surface area contributed by atoms with E-state index in [4.69, 9.17) is 0 Å². The Bertz CT molecular complexity index is 1030. The van der Waals surface area contributed by atoms with Gasteiger partial charge >= 0.3 is 11.9 Å². The Labute approximate surface area is 170 Å². The van der Waals surface area contributed by atoms with Gasteiger partial charge in [-0.05, 0) is 31.4 Å². The third-order valence-electron chi connectivity index (χ3n) is 5.83. The third kappa shape index (κ3) is 4.83. The van der Waals surface area contributed by atoms with Crippen LogP contribution >= 0.6 is 0 Å². The molecular weight excluding hydrogens is 399 g/mol. The van der Waals surface area contributed by atoms with E-state index in [1.807, 2.05) is 0 Å². The molecule has 1 saturated carbocycles. The lowest BCUT2D eigenvalue weighted by Crippen LogP contribution is -2.43. The summed E-state index contributed by atoms with van der Waals surface area (Å²) >= 11 is 0. The van der Waals surface area contributed by atoms with Gasteiger partial charge in [0.15, 0.2) is 0 Å². The maximum Gasteiger partial charge on any atom is 0.416 e. The van der Waals surface area contributed by atoms with Crippen molar-refractivity contribution in [2.45, 2.75) is 57.0 Å². The van der Waals surface area contributed by atoms with Gasteiger partial charge < -0.3 is 10.3 Å². The van der Waals surface area contributed by atoms with Crippen LogP contribution in [0.4, 0.5) is 13.2 Å². The Morgan fingerprint density at radius 2 is 1.83 bits per heavy atom. The van der Waals surface area contributed by atoms with Gasteiger partial charge in [0.2, 0.25) is 5.91 Å². The van der Waals surface area contributed by atoms with Crippen molar-refractivity contribution in [2.24, 2.45) is 0 Å². The summed E-state index contributed by atoms with van der Waals surface area (Å²) in [6.45, 7) is 1.72. The second kappa shape index (κ2) is 8.49. The fraction of sp³-hybridized carbons (Fsp3) is 0.476. The molecule has 0 atom stereocenters. The number of hydrogen-bond acceptors (Lipinski definition) is 3. The highest BCUT2D eigenvalue weighted by Gasteiger charge is 2.37. The van der Waals surface area contributed by atoms with Crippen molar-refractivity contribution in [1.82, 2.24) is 15.3 Å². The Morgan fingerprint density at radius 1 is 1.13 bits per heavy atom. The Kier molecular flexibility index (Phi) is 6.19. The van der Waals surface area contributed by atoms with Crippen molar-refractivity contribution in [3.63, 3.8) is 0 Å². The minimum atomic E-state index is -4.43. The summed E-state index contributed by atoms with van der Waals surface area (Å²) < 4.78 is 39.6. The van der Waals surface area contributed by atoms with Crippen LogP contribution in [0.1, 0.15) is 54.5 Å². The molecule has 1 aromatic heterocycles. The number of alkyl halides is 3. The van der Waals surface area contributed by atoms with Crippen molar-refractivity contribution < 1.29 is 18.0 Å². The zero-order chi connectivity index (χ0) is 21.9. The van der Waals surface area contributed by atoms with Gasteiger partial charge in [-0.25, -0.2) is 4.79 Å². The van der Waals surface area contributed by atoms with Gasteiger partial charge in [-0.1, -0.05) is 37.5 Å². The number of H-pyrrole nitrogens is 2. The molecule has 2 aromatic rings. The van der Waals surface area contributed by atoms with Crippen LogP contribution in [0, 0.1) is 6.92 Å². The Morgan fingerprint density at radius 3 is 2.47 bits per heavy atom. The highest BCUT2D eigenvalue weighted by molar-refractivity contribution is 5.78. The molecule has 1 aliphatic rings. The molecular formula is C21H24F3N3O3. The van der Waals surface area contributed by atoms with Gasteiger partial charge in [-0.15, -0.1) is 0 Å². The van der Waals surface area contributed by atoms with Gasteiger partial charge in [-0.2, -0.15) is 13.2 Å². The number of carbonyl (C=O) groups is 1. The van der Waals surface area contributed by atoms with Crippen molar-refractivity contribution in [3.8, 4) is 0 Å². The maximum atomic E-state index is 13.2. The average molecular weight is 423 g/mol. The molecule has 1 aromatic carbocycles. The first-order chi connectivity index (χ1) is 14.1. The van der Waals surface area contributed by atoms with E-state index in [-0.39, 0.29) is 18.5 Å². The van der Waals surface area contributed by atoms with Crippen LogP contribution in [0.25, 0.3) is 0 Å². The lowest BCUT2D eigenvalue weighted by molar-refractivity contribution is -0.137. The van der Waals surface area contributed by atoms with E-state index in [0.29, 0.717) is 24.1 Å². The largest absolute Gasteiger partial charge is 0.416 e. The number of nitrogens with one attached hydrogen (secondary N) is 3. The standard InChI is InChI=1S/C21H24F3N3O3/c1-13-16(18(29)27-19(30)26-13)11-17(28)25-12-20(8-3-2-4-9-20)14-6-5-7-15(10-14)21(22,23)24/h5-7,10H,2-4,8-9,11-12H2,1H3,(H,25,28)(H2,26,27,29,30). The quantitative estimate of drug-likeness (QED) is 0.690. The number of rotatable bonds is 5. The predicted molar refractivity (Wildman–Crippen MR) is 105 cm³/mol. The Hall–Kier alpha value is -2.84. The molecule has 9 heteroatoms. The molecule has 0 radical (unpaired) electrons. The van der Waals surface area contributed by atoms with Crippen LogP contribution < -0.4 is 16.6 Å². The molecule has 1 aliphatic carbocycles. The van der Waals surface area contributed by atoms with E-state index < -0.39 is 34.3 Å². The predicted octanol–water partition coefficient (Wildman–Crippen LogP) is 2.95. The molecule has 1 fully saturated rings. The SMILES string of the molecule is Cc1[nH]c(=O)[nH]c(=O)c1CC(=O)NCC1(c2cccc(C(F)(F)F)c2)CCCCC1. The fourth-order valence-corrected chi connectivity index (χ4v) is 4.15. The topological polar surface area (TPSA) is 94.8 Å². The molecule has 6 nitrogen and oxygen atoms in total. The summed E-state index contributed by atoms with van der Waals surface area (Å²) in [5.41, 5.74) is -1.53. The number of aromatic nitrogens is 2. The zero-order valence-corrected chi connectivity index (χ0v) is 16.6. The van der Waals surface area contributed by atoms with E-state index in [1.165, 1.54) is 19.1 Å². The van der Waals surface area contributed by atoms with Crippen LogP contribution in [-0.4, -0.2) is 22.4 Å². The number of aromatic amines is 2. The minimum absolute atomic E-state index is 0.156. The van der Waals surface area contributed by atoms with Crippen LogP contribution in [0.15, 0.2) is 33.9 Å². The monoisotopic (exact) mass is 423 g/mol. The van der Waals surface area contributed by atoms with Gasteiger partial charge in [0.05, 0.1) is 12.0 Å². The summed E-state index contributed by atoms with van der Waals surface area (Å²) in [6.07, 6.45) is -0.579. The van der Waals surface area contributed by atoms with Gasteiger partial charge in [0.25, 0.3) is 5.56 Å². The maximum absolute atomic E-state index is 13.2. The molecule has 0 unspecified atom stereocenters. The second-order valence-electron chi connectivity index (χ2n) is 7.88.